The highest BCUT2D eigenvalue weighted by Gasteiger charge is 2.16. The van der Waals surface area contributed by atoms with Gasteiger partial charge in [0.05, 0.1) is 5.01 Å². The van der Waals surface area contributed by atoms with E-state index in [0.717, 1.165) is 0 Å². The predicted molar refractivity (Wildman–Crippen MR) is 55.2 cm³/mol. The highest BCUT2D eigenvalue weighted by molar-refractivity contribution is 7.99. The second-order valence-corrected chi connectivity index (χ2v) is 5.59. The number of thiazole rings is 1. The average Bonchev–Trinajstić information content (AvgIpc) is 2.46. The van der Waals surface area contributed by atoms with Crippen LogP contribution in [0.5, 0.6) is 0 Å². The summed E-state index contributed by atoms with van der Waals surface area (Å²) in [5.74, 6) is 1.86. The lowest BCUT2D eigenvalue weighted by Crippen LogP contribution is -1.94. The van der Waals surface area contributed by atoms with Gasteiger partial charge in [0.25, 0.3) is 0 Å². The summed E-state index contributed by atoms with van der Waals surface area (Å²) in [6, 6.07) is 0. The normalized spacial score (nSPS) is 16.6. The molecule has 0 saturated carbocycles. The summed E-state index contributed by atoms with van der Waals surface area (Å²) >= 11 is 3.84. The van der Waals surface area contributed by atoms with Crippen LogP contribution in [-0.4, -0.2) is 10.7 Å². The van der Waals surface area contributed by atoms with E-state index in [1.54, 1.807) is 0 Å². The van der Waals surface area contributed by atoms with E-state index >= 15 is 0 Å². The van der Waals surface area contributed by atoms with E-state index in [1.807, 2.05) is 23.1 Å². The number of nitrogens with zero attached hydrogens (tertiary/aromatic N) is 1. The SMILES string of the molecule is CC(C)c1nc2c(s1)CCCS2. The van der Waals surface area contributed by atoms with E-state index in [2.05, 4.69) is 18.8 Å². The van der Waals surface area contributed by atoms with Gasteiger partial charge in [0.15, 0.2) is 0 Å². The van der Waals surface area contributed by atoms with Crippen LogP contribution >= 0.6 is 23.1 Å². The summed E-state index contributed by atoms with van der Waals surface area (Å²) in [6.45, 7) is 4.43. The van der Waals surface area contributed by atoms with Gasteiger partial charge in [0.1, 0.15) is 5.03 Å². The molecule has 0 aliphatic carbocycles. The van der Waals surface area contributed by atoms with Gasteiger partial charge < -0.3 is 0 Å². The molecule has 0 atom stereocenters. The van der Waals surface area contributed by atoms with Crippen LogP contribution in [0.15, 0.2) is 5.03 Å². The van der Waals surface area contributed by atoms with Crippen LogP contribution in [0.3, 0.4) is 0 Å². The molecule has 3 heteroatoms. The van der Waals surface area contributed by atoms with Crippen LogP contribution in [0, 0.1) is 0 Å². The largest absolute Gasteiger partial charge is 0.234 e. The number of hydrogen-bond donors (Lipinski definition) is 0. The summed E-state index contributed by atoms with van der Waals surface area (Å²) in [4.78, 5) is 6.15. The number of aryl methyl sites for hydroxylation is 1. The first-order valence-corrected chi connectivity index (χ1v) is 6.20. The standard InChI is InChI=1S/C9H13NS2/c1-6(2)8-10-9-7(12-8)4-3-5-11-9/h6H,3-5H2,1-2H3. The lowest BCUT2D eigenvalue weighted by atomic mass is 10.2. The molecule has 0 bridgehead atoms. The van der Waals surface area contributed by atoms with Crippen LogP contribution in [0.25, 0.3) is 0 Å². The molecule has 1 aromatic heterocycles. The Hall–Kier alpha value is -0.0200. The second kappa shape index (κ2) is 3.38. The maximum Gasteiger partial charge on any atom is 0.110 e. The van der Waals surface area contributed by atoms with Gasteiger partial charge in [0, 0.05) is 10.8 Å². The zero-order valence-corrected chi connectivity index (χ0v) is 9.10. The van der Waals surface area contributed by atoms with Gasteiger partial charge in [-0.25, -0.2) is 4.98 Å². The summed E-state index contributed by atoms with van der Waals surface area (Å²) in [6.07, 6.45) is 2.59. The summed E-state index contributed by atoms with van der Waals surface area (Å²) in [7, 11) is 0. The van der Waals surface area contributed by atoms with Gasteiger partial charge in [-0.3, -0.25) is 0 Å². The minimum atomic E-state index is 0.598. The van der Waals surface area contributed by atoms with Gasteiger partial charge in [0.2, 0.25) is 0 Å². The fourth-order valence-electron chi connectivity index (χ4n) is 1.27. The Morgan fingerprint density at radius 3 is 2.92 bits per heavy atom. The topological polar surface area (TPSA) is 12.9 Å². The highest BCUT2D eigenvalue weighted by atomic mass is 32.2. The lowest BCUT2D eigenvalue weighted by Gasteiger charge is -2.06. The Morgan fingerprint density at radius 1 is 1.42 bits per heavy atom. The molecule has 0 N–H and O–H groups in total. The van der Waals surface area contributed by atoms with E-state index in [0.29, 0.717) is 5.92 Å². The molecule has 2 rings (SSSR count). The van der Waals surface area contributed by atoms with Crippen molar-refractivity contribution in [1.29, 1.82) is 0 Å². The molecule has 1 aromatic rings. The molecule has 0 amide bonds. The van der Waals surface area contributed by atoms with Crippen molar-refractivity contribution in [2.24, 2.45) is 0 Å². The van der Waals surface area contributed by atoms with Crippen molar-refractivity contribution in [2.75, 3.05) is 5.75 Å². The molecule has 0 aromatic carbocycles. The molecule has 0 saturated heterocycles. The van der Waals surface area contributed by atoms with Crippen LogP contribution < -0.4 is 0 Å². The molecule has 0 spiro atoms. The number of aromatic nitrogens is 1. The number of rotatable bonds is 1. The Morgan fingerprint density at radius 2 is 2.25 bits per heavy atom. The van der Waals surface area contributed by atoms with Crippen molar-refractivity contribution in [3.05, 3.63) is 9.88 Å². The molecular formula is C9H13NS2. The minimum Gasteiger partial charge on any atom is -0.234 e. The number of thioether (sulfide) groups is 1. The number of fused-ring (bicyclic) bond motifs is 1. The van der Waals surface area contributed by atoms with Gasteiger partial charge in [-0.05, 0) is 18.6 Å². The molecule has 0 fully saturated rings. The molecule has 2 heterocycles. The lowest BCUT2D eigenvalue weighted by molar-refractivity contribution is 0.826. The molecule has 1 aliphatic rings. The van der Waals surface area contributed by atoms with Gasteiger partial charge in [-0.2, -0.15) is 0 Å². The number of hydrogen-bond acceptors (Lipinski definition) is 3. The Kier molecular flexibility index (Phi) is 2.42. The van der Waals surface area contributed by atoms with E-state index in [4.69, 9.17) is 0 Å². The summed E-state index contributed by atoms with van der Waals surface area (Å²) in [5, 5.41) is 2.63. The first kappa shape index (κ1) is 8.57. The molecular weight excluding hydrogens is 186 g/mol. The quantitative estimate of drug-likeness (QED) is 0.688. The molecule has 1 nitrogen and oxygen atoms in total. The second-order valence-electron chi connectivity index (χ2n) is 3.39. The van der Waals surface area contributed by atoms with E-state index in [9.17, 15) is 0 Å². The van der Waals surface area contributed by atoms with E-state index in [-0.39, 0.29) is 0 Å². The molecule has 12 heavy (non-hydrogen) atoms. The minimum absolute atomic E-state index is 0.598. The van der Waals surface area contributed by atoms with Crippen molar-refractivity contribution in [2.45, 2.75) is 37.6 Å². The van der Waals surface area contributed by atoms with Crippen molar-refractivity contribution < 1.29 is 0 Å². The summed E-state index contributed by atoms with van der Waals surface area (Å²) < 4.78 is 0. The Bertz CT molecular complexity index is 255. The van der Waals surface area contributed by atoms with Gasteiger partial charge in [-0.15, -0.1) is 23.1 Å². The van der Waals surface area contributed by atoms with Crippen LogP contribution in [0.2, 0.25) is 0 Å². The van der Waals surface area contributed by atoms with Crippen LogP contribution in [-0.2, 0) is 6.42 Å². The smallest absolute Gasteiger partial charge is 0.110 e. The average molecular weight is 199 g/mol. The van der Waals surface area contributed by atoms with Crippen molar-refractivity contribution in [1.82, 2.24) is 4.98 Å². The maximum atomic E-state index is 4.63. The monoisotopic (exact) mass is 199 g/mol. The van der Waals surface area contributed by atoms with Gasteiger partial charge in [-0.1, -0.05) is 13.8 Å². The molecule has 0 radical (unpaired) electrons. The van der Waals surface area contributed by atoms with Gasteiger partial charge >= 0.3 is 0 Å². The first-order valence-electron chi connectivity index (χ1n) is 4.40. The molecule has 66 valence electrons. The van der Waals surface area contributed by atoms with E-state index in [1.165, 1.54) is 33.5 Å². The van der Waals surface area contributed by atoms with E-state index < -0.39 is 0 Å². The fourth-order valence-corrected chi connectivity index (χ4v) is 3.55. The zero-order chi connectivity index (χ0) is 8.55. The third-order valence-electron chi connectivity index (χ3n) is 1.96. The van der Waals surface area contributed by atoms with Crippen LogP contribution in [0.4, 0.5) is 0 Å². The predicted octanol–water partition coefficient (Wildman–Crippen LogP) is 3.30. The van der Waals surface area contributed by atoms with Crippen molar-refractivity contribution in [3.63, 3.8) is 0 Å². The third-order valence-corrected chi connectivity index (χ3v) is 4.61. The van der Waals surface area contributed by atoms with Crippen molar-refractivity contribution in [3.8, 4) is 0 Å². The third kappa shape index (κ3) is 1.52. The first-order chi connectivity index (χ1) is 5.77. The molecule has 0 unspecified atom stereocenters. The highest BCUT2D eigenvalue weighted by Crippen LogP contribution is 2.35. The fraction of sp³-hybridized carbons (Fsp3) is 0.667. The Balaban J connectivity index is 2.32. The van der Waals surface area contributed by atoms with Crippen molar-refractivity contribution >= 4 is 23.1 Å². The molecule has 1 aliphatic heterocycles. The Labute approximate surface area is 81.6 Å². The maximum absolute atomic E-state index is 4.63. The summed E-state index contributed by atoms with van der Waals surface area (Å²) in [5.41, 5.74) is 0. The zero-order valence-electron chi connectivity index (χ0n) is 7.46. The van der Waals surface area contributed by atoms with Crippen LogP contribution in [0.1, 0.15) is 36.1 Å².